The number of rotatable bonds is 4. The van der Waals surface area contributed by atoms with Gasteiger partial charge in [0.1, 0.15) is 18.8 Å². The van der Waals surface area contributed by atoms with Gasteiger partial charge in [0.2, 0.25) is 0 Å². The van der Waals surface area contributed by atoms with E-state index >= 15 is 0 Å². The van der Waals surface area contributed by atoms with Crippen molar-refractivity contribution in [2.45, 2.75) is 32.8 Å². The van der Waals surface area contributed by atoms with Crippen molar-refractivity contribution in [3.05, 3.63) is 0 Å². The van der Waals surface area contributed by atoms with E-state index in [2.05, 4.69) is 11.8 Å². The van der Waals surface area contributed by atoms with E-state index in [9.17, 15) is 4.79 Å². The van der Waals surface area contributed by atoms with E-state index in [-0.39, 0.29) is 32.2 Å². The molecule has 86 valence electrons. The summed E-state index contributed by atoms with van der Waals surface area (Å²) in [5.41, 5.74) is -0.451. The first kappa shape index (κ1) is 13.9. The summed E-state index contributed by atoms with van der Waals surface area (Å²) in [7, 11) is 0. The third-order valence-corrected chi connectivity index (χ3v) is 1.25. The van der Waals surface area contributed by atoms with Gasteiger partial charge in [-0.1, -0.05) is 11.8 Å². The van der Waals surface area contributed by atoms with E-state index in [1.807, 2.05) is 20.8 Å². The normalized spacial score (nSPS) is 10.4. The van der Waals surface area contributed by atoms with Crippen LogP contribution in [0.2, 0.25) is 0 Å². The molecule has 0 unspecified atom stereocenters. The smallest absolute Gasteiger partial charge is 0.308 e. The van der Waals surface area contributed by atoms with Gasteiger partial charge in [-0.05, 0) is 20.8 Å². The molecule has 0 aliphatic carbocycles. The Morgan fingerprint density at radius 1 is 1.33 bits per heavy atom. The van der Waals surface area contributed by atoms with Crippen LogP contribution >= 0.6 is 0 Å². The predicted molar refractivity (Wildman–Crippen MR) is 56.1 cm³/mol. The fourth-order valence-electron chi connectivity index (χ4n) is 0.778. The van der Waals surface area contributed by atoms with E-state index in [0.29, 0.717) is 0 Å². The third kappa shape index (κ3) is 10.9. The molecule has 15 heavy (non-hydrogen) atoms. The van der Waals surface area contributed by atoms with Crippen molar-refractivity contribution in [3.63, 3.8) is 0 Å². The quantitative estimate of drug-likeness (QED) is 0.426. The Labute approximate surface area is 90.6 Å². The van der Waals surface area contributed by atoms with Crippen molar-refractivity contribution >= 4 is 5.97 Å². The number of esters is 1. The van der Waals surface area contributed by atoms with Crippen molar-refractivity contribution in [3.8, 4) is 11.8 Å². The van der Waals surface area contributed by atoms with Crippen LogP contribution in [0.1, 0.15) is 27.2 Å². The average Bonchev–Trinajstić information content (AvgIpc) is 2.08. The summed E-state index contributed by atoms with van der Waals surface area (Å²) >= 11 is 0. The molecule has 0 amide bonds. The van der Waals surface area contributed by atoms with E-state index in [0.717, 1.165) is 0 Å². The predicted octanol–water partition coefficient (Wildman–Crippen LogP) is 0.730. The summed E-state index contributed by atoms with van der Waals surface area (Å²) < 4.78 is 10.1. The second kappa shape index (κ2) is 7.27. The third-order valence-electron chi connectivity index (χ3n) is 1.25. The van der Waals surface area contributed by atoms with Gasteiger partial charge in [-0.25, -0.2) is 0 Å². The fraction of sp³-hybridized carbons (Fsp3) is 0.727. The summed E-state index contributed by atoms with van der Waals surface area (Å²) in [6.07, 6.45) is 0.220. The first-order chi connectivity index (χ1) is 6.95. The molecule has 1 N–H and O–H groups in total. The highest BCUT2D eigenvalue weighted by Gasteiger charge is 2.15. The Morgan fingerprint density at radius 3 is 2.53 bits per heavy atom. The van der Waals surface area contributed by atoms with Gasteiger partial charge in [0, 0.05) is 0 Å². The Bertz CT molecular complexity index is 242. The van der Waals surface area contributed by atoms with Crippen LogP contribution in [0, 0.1) is 11.8 Å². The topological polar surface area (TPSA) is 55.8 Å². The number of ether oxygens (including phenoxy) is 2. The van der Waals surface area contributed by atoms with Gasteiger partial charge >= 0.3 is 5.97 Å². The second-order valence-corrected chi connectivity index (χ2v) is 3.90. The molecule has 0 rings (SSSR count). The molecule has 4 heteroatoms. The van der Waals surface area contributed by atoms with Crippen LogP contribution in [0.4, 0.5) is 0 Å². The van der Waals surface area contributed by atoms with E-state index in [1.54, 1.807) is 0 Å². The SMILES string of the molecule is CC(C)(C)OC(=O)CCOCC#CCO. The molecule has 0 atom stereocenters. The Morgan fingerprint density at radius 2 is 2.00 bits per heavy atom. The van der Waals surface area contributed by atoms with Crippen LogP contribution < -0.4 is 0 Å². The maximum atomic E-state index is 11.2. The highest BCUT2D eigenvalue weighted by Crippen LogP contribution is 2.07. The maximum absolute atomic E-state index is 11.2. The number of hydrogen-bond donors (Lipinski definition) is 1. The van der Waals surface area contributed by atoms with Gasteiger partial charge in [0.25, 0.3) is 0 Å². The molecular formula is C11H18O4. The second-order valence-electron chi connectivity index (χ2n) is 3.90. The molecule has 0 bridgehead atoms. The molecule has 0 saturated heterocycles. The zero-order valence-electron chi connectivity index (χ0n) is 9.50. The summed E-state index contributed by atoms with van der Waals surface area (Å²) in [4.78, 5) is 11.2. The minimum absolute atomic E-state index is 0.171. The van der Waals surface area contributed by atoms with Crippen molar-refractivity contribution in [2.24, 2.45) is 0 Å². The zero-order chi connectivity index (χ0) is 11.7. The lowest BCUT2D eigenvalue weighted by Crippen LogP contribution is -2.24. The minimum Gasteiger partial charge on any atom is -0.460 e. The first-order valence-corrected chi connectivity index (χ1v) is 4.82. The molecular weight excluding hydrogens is 196 g/mol. The molecule has 0 radical (unpaired) electrons. The van der Waals surface area contributed by atoms with Crippen LogP contribution in [0.5, 0.6) is 0 Å². The number of carbonyl (C=O) groups excluding carboxylic acids is 1. The van der Waals surface area contributed by atoms with E-state index in [4.69, 9.17) is 14.6 Å². The van der Waals surface area contributed by atoms with Crippen molar-refractivity contribution in [2.75, 3.05) is 19.8 Å². The summed E-state index contributed by atoms with van der Waals surface area (Å²) in [6.45, 7) is 5.79. The van der Waals surface area contributed by atoms with Crippen LogP contribution in [-0.4, -0.2) is 36.5 Å². The van der Waals surface area contributed by atoms with Gasteiger partial charge in [-0.2, -0.15) is 0 Å². The van der Waals surface area contributed by atoms with Gasteiger partial charge in [0.05, 0.1) is 13.0 Å². The largest absolute Gasteiger partial charge is 0.460 e. The summed E-state index contributed by atoms with van der Waals surface area (Å²) in [6, 6.07) is 0. The average molecular weight is 214 g/mol. The highest BCUT2D eigenvalue weighted by atomic mass is 16.6. The van der Waals surface area contributed by atoms with Crippen molar-refractivity contribution < 1.29 is 19.4 Å². The zero-order valence-corrected chi connectivity index (χ0v) is 9.50. The molecule has 0 aliphatic heterocycles. The number of aliphatic hydroxyl groups is 1. The molecule has 0 aromatic rings. The Balaban J connectivity index is 3.48. The monoisotopic (exact) mass is 214 g/mol. The van der Waals surface area contributed by atoms with Gasteiger partial charge in [-0.15, -0.1) is 0 Å². The molecule has 0 spiro atoms. The van der Waals surface area contributed by atoms with E-state index < -0.39 is 5.60 Å². The lowest BCUT2D eigenvalue weighted by molar-refractivity contribution is -0.155. The summed E-state index contributed by atoms with van der Waals surface area (Å²) in [5.74, 6) is 4.74. The first-order valence-electron chi connectivity index (χ1n) is 4.82. The van der Waals surface area contributed by atoms with Gasteiger partial charge in [0.15, 0.2) is 0 Å². The Hall–Kier alpha value is -1.05. The summed E-state index contributed by atoms with van der Waals surface area (Å²) in [5, 5.41) is 8.34. The molecule has 0 aromatic heterocycles. The van der Waals surface area contributed by atoms with Crippen LogP contribution in [-0.2, 0) is 14.3 Å². The van der Waals surface area contributed by atoms with Crippen LogP contribution in [0.3, 0.4) is 0 Å². The fourth-order valence-corrected chi connectivity index (χ4v) is 0.778. The molecule has 0 fully saturated rings. The van der Waals surface area contributed by atoms with Gasteiger partial charge in [-0.3, -0.25) is 4.79 Å². The van der Waals surface area contributed by atoms with Crippen LogP contribution in [0.25, 0.3) is 0 Å². The Kier molecular flexibility index (Phi) is 6.76. The standard InChI is InChI=1S/C11H18O4/c1-11(2,3)15-10(13)6-9-14-8-5-4-7-12/h12H,6-9H2,1-3H3. The van der Waals surface area contributed by atoms with Gasteiger partial charge < -0.3 is 14.6 Å². The lowest BCUT2D eigenvalue weighted by atomic mass is 10.2. The number of aliphatic hydroxyl groups excluding tert-OH is 1. The van der Waals surface area contributed by atoms with Crippen molar-refractivity contribution in [1.29, 1.82) is 0 Å². The molecule has 4 nitrogen and oxygen atoms in total. The minimum atomic E-state index is -0.451. The molecule has 0 aromatic carbocycles. The number of hydrogen-bond acceptors (Lipinski definition) is 4. The van der Waals surface area contributed by atoms with E-state index in [1.165, 1.54) is 0 Å². The highest BCUT2D eigenvalue weighted by molar-refractivity contribution is 5.69. The molecule has 0 saturated carbocycles. The molecule has 0 heterocycles. The lowest BCUT2D eigenvalue weighted by Gasteiger charge is -2.19. The van der Waals surface area contributed by atoms with Crippen molar-refractivity contribution in [1.82, 2.24) is 0 Å². The molecule has 0 aliphatic rings. The maximum Gasteiger partial charge on any atom is 0.308 e. The number of carbonyl (C=O) groups is 1. The van der Waals surface area contributed by atoms with Crippen LogP contribution in [0.15, 0.2) is 0 Å².